The van der Waals surface area contributed by atoms with Gasteiger partial charge in [-0.05, 0) is 99.7 Å². The van der Waals surface area contributed by atoms with Crippen molar-refractivity contribution < 1.29 is 0 Å². The first kappa shape index (κ1) is 63.9. The van der Waals surface area contributed by atoms with E-state index in [1.807, 2.05) is 0 Å². The van der Waals surface area contributed by atoms with Crippen LogP contribution in [-0.2, 0) is 0 Å². The van der Waals surface area contributed by atoms with Crippen molar-refractivity contribution in [3.8, 4) is 0 Å². The molecule has 0 aliphatic carbocycles. The van der Waals surface area contributed by atoms with Gasteiger partial charge in [-0.2, -0.15) is 0 Å². The van der Waals surface area contributed by atoms with Crippen molar-refractivity contribution in [2.45, 2.75) is 248 Å². The van der Waals surface area contributed by atoms with E-state index in [9.17, 15) is 0 Å². The van der Waals surface area contributed by atoms with E-state index in [0.717, 1.165) is 53.8 Å². The Hall–Kier alpha value is -1.04. The lowest BCUT2D eigenvalue weighted by Crippen LogP contribution is -2.06. The molecule has 0 nitrogen and oxygen atoms in total. The Morgan fingerprint density at radius 3 is 1.30 bits per heavy atom. The molecule has 0 saturated carbocycles. The Balaban J connectivity index is -0.000000125. The lowest BCUT2D eigenvalue weighted by molar-refractivity contribution is 0.339. The van der Waals surface area contributed by atoms with E-state index in [1.165, 1.54) is 102 Å². The largest absolute Gasteiger partial charge is 0.0888 e. The molecule has 0 bridgehead atoms. The van der Waals surface area contributed by atoms with Gasteiger partial charge in [-0.1, -0.05) is 244 Å². The molecule has 0 N–H and O–H groups in total. The van der Waals surface area contributed by atoms with Crippen molar-refractivity contribution in [2.24, 2.45) is 47.3 Å². The summed E-state index contributed by atoms with van der Waals surface area (Å²) in [5, 5.41) is 0. The Bertz CT molecular complexity index is 721. The van der Waals surface area contributed by atoms with Gasteiger partial charge in [0.05, 0.1) is 0 Å². The Labute approximate surface area is 342 Å². The Kier molecular flexibility index (Phi) is 64.0. The molecule has 53 heavy (non-hydrogen) atoms. The third-order valence-corrected chi connectivity index (χ3v) is 9.57. The molecule has 3 atom stereocenters. The van der Waals surface area contributed by atoms with Crippen molar-refractivity contribution in [3.05, 3.63) is 48.1 Å². The average Bonchev–Trinajstić information content (AvgIpc) is 3.09. The molecule has 0 heterocycles. The van der Waals surface area contributed by atoms with E-state index in [4.69, 9.17) is 0 Å². The highest BCUT2D eigenvalue weighted by Crippen LogP contribution is 2.21. The zero-order chi connectivity index (χ0) is 42.5. The van der Waals surface area contributed by atoms with Crippen molar-refractivity contribution >= 4 is 0 Å². The number of unbranched alkanes of at least 4 members (excludes halogenated alkanes) is 5. The molecule has 0 aromatic rings. The summed E-state index contributed by atoms with van der Waals surface area (Å²) in [6.07, 6.45) is 37.0. The minimum atomic E-state index is 0.741. The predicted octanol–water partition coefficient (Wildman–Crippen LogP) is 20.1. The van der Waals surface area contributed by atoms with E-state index in [2.05, 4.69) is 188 Å². The fourth-order valence-corrected chi connectivity index (χ4v) is 5.12. The number of allylic oxidation sites excluding steroid dienone is 8. The van der Waals surface area contributed by atoms with Crippen LogP contribution in [0, 0.1) is 47.3 Å². The van der Waals surface area contributed by atoms with Crippen LogP contribution >= 0.6 is 0 Å². The first-order chi connectivity index (χ1) is 24.9. The van der Waals surface area contributed by atoms with Crippen molar-refractivity contribution in [1.29, 1.82) is 0 Å². The first-order valence-electron chi connectivity index (χ1n) is 23.5. The van der Waals surface area contributed by atoms with Gasteiger partial charge in [0.1, 0.15) is 0 Å². The molecule has 0 spiro atoms. The summed E-state index contributed by atoms with van der Waals surface area (Å²) in [5.74, 6) is 6.70. The van der Waals surface area contributed by atoms with Gasteiger partial charge in [0, 0.05) is 0 Å². The molecule has 0 radical (unpaired) electrons. The van der Waals surface area contributed by atoms with E-state index in [0.29, 0.717) is 0 Å². The van der Waals surface area contributed by atoms with Crippen LogP contribution in [0.25, 0.3) is 0 Å². The van der Waals surface area contributed by atoms with Crippen LogP contribution in [0.3, 0.4) is 0 Å². The van der Waals surface area contributed by atoms with Crippen molar-refractivity contribution in [1.82, 2.24) is 0 Å². The monoisotopic (exact) mass is 747 g/mol. The molecule has 0 amide bonds. The molecule has 0 aliphatic rings. The molecule has 0 fully saturated rings. The summed E-state index contributed by atoms with van der Waals surface area (Å²) in [5.41, 5.74) is 1.44. The molecule has 0 heteroatoms. The van der Waals surface area contributed by atoms with Crippen molar-refractivity contribution in [3.63, 3.8) is 0 Å². The minimum absolute atomic E-state index is 0.741. The lowest BCUT2D eigenvalue weighted by Gasteiger charge is -2.17. The SMILES string of the molecule is CC/C=C/C(C)C(C)C.CC/C=C/C(CC)C(C)C.CC/C=C/CC(C)C.CCCCC(CC)C(C)C.CCCCC=C(C)C.CCCCCC(C)C. The fourth-order valence-electron chi connectivity index (χ4n) is 5.12. The molecular weight excluding hydrogens is 637 g/mol. The number of rotatable bonds is 22. The van der Waals surface area contributed by atoms with Gasteiger partial charge in [0.15, 0.2) is 0 Å². The van der Waals surface area contributed by atoms with Gasteiger partial charge in [0.25, 0.3) is 0 Å². The zero-order valence-corrected chi connectivity index (χ0v) is 41.5. The topological polar surface area (TPSA) is 0 Å². The molecular formula is C53H110. The van der Waals surface area contributed by atoms with Gasteiger partial charge in [-0.15, -0.1) is 0 Å². The Morgan fingerprint density at radius 1 is 0.453 bits per heavy atom. The van der Waals surface area contributed by atoms with Gasteiger partial charge < -0.3 is 0 Å². The van der Waals surface area contributed by atoms with Crippen LogP contribution in [0.2, 0.25) is 0 Å². The second-order valence-corrected chi connectivity index (χ2v) is 17.5. The first-order valence-corrected chi connectivity index (χ1v) is 23.5. The predicted molar refractivity (Wildman–Crippen MR) is 256 cm³/mol. The van der Waals surface area contributed by atoms with Crippen LogP contribution in [0.5, 0.6) is 0 Å². The summed E-state index contributed by atoms with van der Waals surface area (Å²) in [6.45, 7) is 47.2. The van der Waals surface area contributed by atoms with E-state index < -0.39 is 0 Å². The summed E-state index contributed by atoms with van der Waals surface area (Å²) in [6, 6.07) is 0. The van der Waals surface area contributed by atoms with E-state index in [-0.39, 0.29) is 0 Å². The van der Waals surface area contributed by atoms with Crippen LogP contribution in [0.4, 0.5) is 0 Å². The molecule has 0 aliphatic heterocycles. The van der Waals surface area contributed by atoms with Crippen molar-refractivity contribution in [2.75, 3.05) is 0 Å². The second-order valence-electron chi connectivity index (χ2n) is 17.5. The molecule has 322 valence electrons. The maximum atomic E-state index is 2.35. The van der Waals surface area contributed by atoms with Gasteiger partial charge in [-0.25, -0.2) is 0 Å². The average molecular weight is 747 g/mol. The summed E-state index contributed by atoms with van der Waals surface area (Å²) < 4.78 is 0. The van der Waals surface area contributed by atoms with Crippen LogP contribution in [0.15, 0.2) is 48.1 Å². The summed E-state index contributed by atoms with van der Waals surface area (Å²) in [4.78, 5) is 0. The third kappa shape index (κ3) is 69.4. The standard InChI is InChI=1S/C10H22.C10H20.C9H18.C8H18.2C8H16/c2*1-5-7-8-10(6-2)9(3)4;1-5-6-7-9(4)8(2)3;3*1-4-5-6-7-8(2)3/h9-10H,5-8H2,1-4H3;7-10H,5-6H2,1-4H3;6-9H,5H2,1-4H3;8H,4-7H2,1-3H3;7H,4-6H2,1-3H3;5-6,8H,4,7H2,1-3H3/b;8-7+;7-6+;;;6-5+. The van der Waals surface area contributed by atoms with Gasteiger partial charge >= 0.3 is 0 Å². The Morgan fingerprint density at radius 2 is 0.962 bits per heavy atom. The quantitative estimate of drug-likeness (QED) is 0.0764. The molecule has 0 saturated heterocycles. The summed E-state index contributed by atoms with van der Waals surface area (Å²) in [7, 11) is 0. The highest BCUT2D eigenvalue weighted by molar-refractivity contribution is 4.92. The maximum absolute atomic E-state index is 2.35. The van der Waals surface area contributed by atoms with Crippen LogP contribution in [0.1, 0.15) is 248 Å². The van der Waals surface area contributed by atoms with Crippen LogP contribution in [-0.4, -0.2) is 0 Å². The number of hydrogen-bond acceptors (Lipinski definition) is 0. The van der Waals surface area contributed by atoms with Gasteiger partial charge in [-0.3, -0.25) is 0 Å². The minimum Gasteiger partial charge on any atom is -0.0888 e. The number of hydrogen-bond donors (Lipinski definition) is 0. The molecule has 3 unspecified atom stereocenters. The van der Waals surface area contributed by atoms with Crippen LogP contribution < -0.4 is 0 Å². The zero-order valence-electron chi connectivity index (χ0n) is 41.5. The fraction of sp³-hybridized carbons (Fsp3) is 0.849. The maximum Gasteiger partial charge on any atom is -0.0213 e. The second kappa shape index (κ2) is 53.1. The van der Waals surface area contributed by atoms with E-state index >= 15 is 0 Å². The third-order valence-electron chi connectivity index (χ3n) is 9.57. The highest BCUT2D eigenvalue weighted by atomic mass is 14.1. The highest BCUT2D eigenvalue weighted by Gasteiger charge is 2.09. The van der Waals surface area contributed by atoms with E-state index in [1.54, 1.807) is 0 Å². The molecule has 0 aromatic carbocycles. The summed E-state index contributed by atoms with van der Waals surface area (Å²) >= 11 is 0. The molecule has 0 aromatic heterocycles. The smallest absolute Gasteiger partial charge is 0.0213 e. The van der Waals surface area contributed by atoms with Gasteiger partial charge in [0.2, 0.25) is 0 Å². The lowest BCUT2D eigenvalue weighted by atomic mass is 9.89. The molecule has 0 rings (SSSR count). The normalized spacial score (nSPS) is 12.7.